The number of nitrogens with zero attached hydrogens (tertiary/aromatic N) is 2. The van der Waals surface area contributed by atoms with Gasteiger partial charge >= 0.3 is 0 Å². The minimum absolute atomic E-state index is 0.279. The second-order valence-electron chi connectivity index (χ2n) is 4.18. The lowest BCUT2D eigenvalue weighted by Crippen LogP contribution is -2.11. The lowest BCUT2D eigenvalue weighted by atomic mass is 10.1. The highest BCUT2D eigenvalue weighted by molar-refractivity contribution is 6.33. The van der Waals surface area contributed by atoms with E-state index in [1.165, 1.54) is 0 Å². The van der Waals surface area contributed by atoms with Gasteiger partial charge in [0.15, 0.2) is 0 Å². The van der Waals surface area contributed by atoms with Gasteiger partial charge in [0.1, 0.15) is 0 Å². The summed E-state index contributed by atoms with van der Waals surface area (Å²) in [6.45, 7) is 0.666. The monoisotopic (exact) mass is 281 g/mol. The van der Waals surface area contributed by atoms with Crippen molar-refractivity contribution in [2.24, 2.45) is 5.73 Å². The van der Waals surface area contributed by atoms with Crippen LogP contribution in [0.1, 0.15) is 24.8 Å². The van der Waals surface area contributed by atoms with Crippen LogP contribution in [0.3, 0.4) is 0 Å². The Morgan fingerprint density at radius 1 is 1.42 bits per heavy atom. The van der Waals surface area contributed by atoms with Crippen LogP contribution in [-0.2, 0) is 4.74 Å². The van der Waals surface area contributed by atoms with E-state index in [-0.39, 0.29) is 6.04 Å². The molecular weight excluding hydrogens is 266 g/mol. The molecule has 2 rings (SSSR count). The fourth-order valence-corrected chi connectivity index (χ4v) is 1.93. The number of hydrogen-bond donors (Lipinski definition) is 1. The Balaban J connectivity index is 2.09. The molecule has 5 nitrogen and oxygen atoms in total. The molecule has 0 saturated carbocycles. The van der Waals surface area contributed by atoms with E-state index in [1.807, 2.05) is 18.2 Å². The first-order chi connectivity index (χ1) is 9.22. The normalized spacial score (nSPS) is 12.6. The molecule has 0 aliphatic heterocycles. The third-order valence-corrected chi connectivity index (χ3v) is 3.07. The largest absolute Gasteiger partial charge is 0.385 e. The van der Waals surface area contributed by atoms with Crippen molar-refractivity contribution in [2.75, 3.05) is 13.7 Å². The van der Waals surface area contributed by atoms with Crippen LogP contribution in [0.15, 0.2) is 28.8 Å². The van der Waals surface area contributed by atoms with Crippen LogP contribution in [0.4, 0.5) is 0 Å². The molecule has 0 amide bonds. The molecule has 2 aromatic rings. The summed E-state index contributed by atoms with van der Waals surface area (Å²) in [4.78, 5) is 4.29. The molecule has 0 saturated heterocycles. The number of rotatable bonds is 6. The number of aromatic nitrogens is 2. The number of halogens is 1. The molecule has 0 aliphatic rings. The molecule has 0 aliphatic carbocycles. The van der Waals surface area contributed by atoms with Gasteiger partial charge in [0.25, 0.3) is 0 Å². The van der Waals surface area contributed by atoms with Gasteiger partial charge in [-0.3, -0.25) is 0 Å². The molecule has 0 spiro atoms. The van der Waals surface area contributed by atoms with E-state index < -0.39 is 0 Å². The van der Waals surface area contributed by atoms with Crippen molar-refractivity contribution < 1.29 is 9.26 Å². The SMILES string of the molecule is COCCCC(N)c1nc(-c2ccccc2Cl)no1. The molecule has 1 aromatic heterocycles. The minimum Gasteiger partial charge on any atom is -0.385 e. The Kier molecular flexibility index (Phi) is 4.90. The van der Waals surface area contributed by atoms with E-state index in [1.54, 1.807) is 13.2 Å². The zero-order chi connectivity index (χ0) is 13.7. The first-order valence-electron chi connectivity index (χ1n) is 6.05. The zero-order valence-electron chi connectivity index (χ0n) is 10.7. The molecular formula is C13H16ClN3O2. The van der Waals surface area contributed by atoms with Crippen molar-refractivity contribution in [3.63, 3.8) is 0 Å². The smallest absolute Gasteiger partial charge is 0.243 e. The highest BCUT2D eigenvalue weighted by atomic mass is 35.5. The van der Waals surface area contributed by atoms with Crippen LogP contribution in [0.25, 0.3) is 11.4 Å². The van der Waals surface area contributed by atoms with Gasteiger partial charge in [-0.1, -0.05) is 28.9 Å². The Morgan fingerprint density at radius 2 is 2.21 bits per heavy atom. The Labute approximate surface area is 116 Å². The Morgan fingerprint density at radius 3 is 2.95 bits per heavy atom. The van der Waals surface area contributed by atoms with Crippen molar-refractivity contribution in [2.45, 2.75) is 18.9 Å². The second-order valence-corrected chi connectivity index (χ2v) is 4.58. The Bertz CT molecular complexity index is 530. The van der Waals surface area contributed by atoms with Gasteiger partial charge in [-0.15, -0.1) is 0 Å². The minimum atomic E-state index is -0.279. The predicted octanol–water partition coefficient (Wildman–Crippen LogP) is 2.82. The fraction of sp³-hybridized carbons (Fsp3) is 0.385. The lowest BCUT2D eigenvalue weighted by molar-refractivity contribution is 0.188. The van der Waals surface area contributed by atoms with Crippen molar-refractivity contribution in [3.8, 4) is 11.4 Å². The zero-order valence-corrected chi connectivity index (χ0v) is 11.4. The highest BCUT2D eigenvalue weighted by Gasteiger charge is 2.16. The summed E-state index contributed by atoms with van der Waals surface area (Å²) in [5, 5.41) is 4.50. The fourth-order valence-electron chi connectivity index (χ4n) is 1.71. The van der Waals surface area contributed by atoms with E-state index >= 15 is 0 Å². The maximum absolute atomic E-state index is 6.08. The van der Waals surface area contributed by atoms with Crippen LogP contribution >= 0.6 is 11.6 Å². The molecule has 1 aromatic carbocycles. The summed E-state index contributed by atoms with van der Waals surface area (Å²) < 4.78 is 10.2. The summed E-state index contributed by atoms with van der Waals surface area (Å²) in [6, 6.07) is 7.07. The molecule has 2 N–H and O–H groups in total. The number of methoxy groups -OCH3 is 1. The van der Waals surface area contributed by atoms with Crippen LogP contribution in [0.2, 0.25) is 5.02 Å². The van der Waals surface area contributed by atoms with Crippen molar-refractivity contribution in [1.82, 2.24) is 10.1 Å². The van der Waals surface area contributed by atoms with E-state index in [4.69, 9.17) is 26.6 Å². The third kappa shape index (κ3) is 3.53. The first kappa shape index (κ1) is 14.0. The summed E-state index contributed by atoms with van der Waals surface area (Å²) >= 11 is 6.08. The molecule has 1 unspecified atom stereocenters. The standard InChI is InChI=1S/C13H16ClN3O2/c1-18-8-4-7-11(15)13-16-12(17-19-13)9-5-2-3-6-10(9)14/h2-3,5-6,11H,4,7-8,15H2,1H3. The first-order valence-corrected chi connectivity index (χ1v) is 6.43. The quantitative estimate of drug-likeness (QED) is 0.824. The van der Waals surface area contributed by atoms with Crippen molar-refractivity contribution in [3.05, 3.63) is 35.2 Å². The van der Waals surface area contributed by atoms with E-state index in [2.05, 4.69) is 10.1 Å². The van der Waals surface area contributed by atoms with Crippen LogP contribution in [-0.4, -0.2) is 23.9 Å². The summed E-state index contributed by atoms with van der Waals surface area (Å²) in [7, 11) is 1.66. The van der Waals surface area contributed by atoms with Gasteiger partial charge in [-0.25, -0.2) is 0 Å². The van der Waals surface area contributed by atoms with Gasteiger partial charge < -0.3 is 15.0 Å². The predicted molar refractivity (Wildman–Crippen MR) is 72.8 cm³/mol. The molecule has 0 radical (unpaired) electrons. The van der Waals surface area contributed by atoms with Gasteiger partial charge in [-0.05, 0) is 25.0 Å². The Hall–Kier alpha value is -1.43. The van der Waals surface area contributed by atoms with Crippen molar-refractivity contribution >= 4 is 11.6 Å². The second kappa shape index (κ2) is 6.65. The molecule has 19 heavy (non-hydrogen) atoms. The summed E-state index contributed by atoms with van der Waals surface area (Å²) in [5.41, 5.74) is 6.72. The molecule has 102 valence electrons. The maximum atomic E-state index is 6.08. The summed E-state index contributed by atoms with van der Waals surface area (Å²) in [5.74, 6) is 0.883. The van der Waals surface area contributed by atoms with E-state index in [0.29, 0.717) is 23.3 Å². The lowest BCUT2D eigenvalue weighted by Gasteiger charge is -2.05. The molecule has 1 atom stereocenters. The molecule has 0 fully saturated rings. The molecule has 0 bridgehead atoms. The number of nitrogens with two attached hydrogens (primary N) is 1. The van der Waals surface area contributed by atoms with E-state index in [9.17, 15) is 0 Å². The molecule has 1 heterocycles. The average Bonchev–Trinajstić information content (AvgIpc) is 2.89. The van der Waals surface area contributed by atoms with Crippen LogP contribution in [0, 0.1) is 0 Å². The summed E-state index contributed by atoms with van der Waals surface area (Å²) in [6.07, 6.45) is 1.58. The number of hydrogen-bond acceptors (Lipinski definition) is 5. The topological polar surface area (TPSA) is 74.2 Å². The van der Waals surface area contributed by atoms with Crippen LogP contribution in [0.5, 0.6) is 0 Å². The third-order valence-electron chi connectivity index (χ3n) is 2.74. The highest BCUT2D eigenvalue weighted by Crippen LogP contribution is 2.26. The van der Waals surface area contributed by atoms with Gasteiger partial charge in [0, 0.05) is 19.3 Å². The van der Waals surface area contributed by atoms with Crippen LogP contribution < -0.4 is 5.73 Å². The van der Waals surface area contributed by atoms with Gasteiger partial charge in [0.05, 0.1) is 11.1 Å². The van der Waals surface area contributed by atoms with Gasteiger partial charge in [-0.2, -0.15) is 4.98 Å². The number of benzene rings is 1. The van der Waals surface area contributed by atoms with Crippen molar-refractivity contribution in [1.29, 1.82) is 0 Å². The average molecular weight is 282 g/mol. The molecule has 6 heteroatoms. The maximum Gasteiger partial charge on any atom is 0.243 e. The van der Waals surface area contributed by atoms with Gasteiger partial charge in [0.2, 0.25) is 11.7 Å². The number of ether oxygens (including phenoxy) is 1. The van der Waals surface area contributed by atoms with E-state index in [0.717, 1.165) is 18.4 Å².